The third-order valence-corrected chi connectivity index (χ3v) is 5.72. The van der Waals surface area contributed by atoms with Gasteiger partial charge in [0.2, 0.25) is 0 Å². The van der Waals surface area contributed by atoms with E-state index >= 15 is 0 Å². The fourth-order valence-corrected chi connectivity index (χ4v) is 3.54. The number of carboxylic acids is 1. The van der Waals surface area contributed by atoms with Crippen LogP contribution in [0.5, 0.6) is 5.75 Å². The molecule has 1 heterocycles. The van der Waals surface area contributed by atoms with Crippen molar-refractivity contribution >= 4 is 52.7 Å². The van der Waals surface area contributed by atoms with Crippen LogP contribution in [0, 0.1) is 0 Å². The number of hydrogen-bond acceptors (Lipinski definition) is 7. The SMILES string of the molecule is CSc1ccc(C(=O)Nc2cc(C(=O)O)ccc2C(=O)Nc2ccc(Cl)cn2)c(OCCCN)c1. The number of nitrogens with two attached hydrogens (primary N) is 1. The van der Waals surface area contributed by atoms with E-state index in [1.807, 2.05) is 6.26 Å². The summed E-state index contributed by atoms with van der Waals surface area (Å²) in [5.41, 5.74) is 5.73. The summed E-state index contributed by atoms with van der Waals surface area (Å²) in [6, 6.07) is 12.0. The predicted molar refractivity (Wildman–Crippen MR) is 136 cm³/mol. The summed E-state index contributed by atoms with van der Waals surface area (Å²) < 4.78 is 5.76. The highest BCUT2D eigenvalue weighted by Gasteiger charge is 2.20. The number of thioether (sulfide) groups is 1. The molecule has 5 N–H and O–H groups in total. The molecule has 11 heteroatoms. The fraction of sp³-hybridized carbons (Fsp3) is 0.167. The summed E-state index contributed by atoms with van der Waals surface area (Å²) in [6.07, 6.45) is 3.88. The van der Waals surface area contributed by atoms with Crippen molar-refractivity contribution in [3.05, 3.63) is 76.4 Å². The van der Waals surface area contributed by atoms with Crippen LogP contribution in [0.4, 0.5) is 11.5 Å². The first-order chi connectivity index (χ1) is 16.8. The lowest BCUT2D eigenvalue weighted by molar-refractivity contribution is 0.0696. The third kappa shape index (κ3) is 6.95. The van der Waals surface area contributed by atoms with Crippen LogP contribution in [0.1, 0.15) is 37.5 Å². The number of halogens is 1. The van der Waals surface area contributed by atoms with E-state index in [-0.39, 0.29) is 28.2 Å². The number of anilines is 2. The van der Waals surface area contributed by atoms with Crippen LogP contribution in [-0.4, -0.2) is 47.3 Å². The van der Waals surface area contributed by atoms with Crippen molar-refractivity contribution in [3.8, 4) is 5.75 Å². The van der Waals surface area contributed by atoms with E-state index < -0.39 is 17.8 Å². The number of benzene rings is 2. The summed E-state index contributed by atoms with van der Waals surface area (Å²) in [5, 5.41) is 15.1. The van der Waals surface area contributed by atoms with Gasteiger partial charge in [0.15, 0.2) is 0 Å². The van der Waals surface area contributed by atoms with E-state index in [9.17, 15) is 19.5 Å². The number of amides is 2. The van der Waals surface area contributed by atoms with Crippen LogP contribution >= 0.6 is 23.4 Å². The molecule has 0 aliphatic heterocycles. The summed E-state index contributed by atoms with van der Waals surface area (Å²) in [4.78, 5) is 42.5. The lowest BCUT2D eigenvalue weighted by atomic mass is 10.1. The molecule has 2 aromatic carbocycles. The van der Waals surface area contributed by atoms with Crippen LogP contribution < -0.4 is 21.1 Å². The summed E-state index contributed by atoms with van der Waals surface area (Å²) in [7, 11) is 0. The Labute approximate surface area is 211 Å². The lowest BCUT2D eigenvalue weighted by Gasteiger charge is -2.15. The van der Waals surface area contributed by atoms with Gasteiger partial charge in [-0.25, -0.2) is 9.78 Å². The lowest BCUT2D eigenvalue weighted by Crippen LogP contribution is -2.20. The van der Waals surface area contributed by atoms with Crippen molar-refractivity contribution in [1.82, 2.24) is 4.98 Å². The molecule has 0 radical (unpaired) electrons. The van der Waals surface area contributed by atoms with Gasteiger partial charge >= 0.3 is 5.97 Å². The minimum Gasteiger partial charge on any atom is -0.493 e. The van der Waals surface area contributed by atoms with E-state index in [1.54, 1.807) is 24.3 Å². The first kappa shape index (κ1) is 26.0. The fourth-order valence-electron chi connectivity index (χ4n) is 3.00. The molecule has 0 atom stereocenters. The van der Waals surface area contributed by atoms with Gasteiger partial charge in [0, 0.05) is 11.1 Å². The zero-order chi connectivity index (χ0) is 25.4. The Kier molecular flexibility index (Phi) is 9.07. The minimum atomic E-state index is -1.21. The van der Waals surface area contributed by atoms with Gasteiger partial charge in [-0.1, -0.05) is 11.6 Å². The van der Waals surface area contributed by atoms with Crippen molar-refractivity contribution in [2.45, 2.75) is 11.3 Å². The van der Waals surface area contributed by atoms with Crippen molar-refractivity contribution in [2.24, 2.45) is 5.73 Å². The van der Waals surface area contributed by atoms with Gasteiger partial charge in [-0.3, -0.25) is 9.59 Å². The number of ether oxygens (including phenoxy) is 1. The number of pyridine rings is 1. The van der Waals surface area contributed by atoms with E-state index in [4.69, 9.17) is 22.1 Å². The molecule has 1 aromatic heterocycles. The van der Waals surface area contributed by atoms with E-state index in [0.29, 0.717) is 30.3 Å². The Morgan fingerprint density at radius 2 is 1.80 bits per heavy atom. The van der Waals surface area contributed by atoms with Gasteiger partial charge in [-0.05, 0) is 67.8 Å². The van der Waals surface area contributed by atoms with E-state index in [2.05, 4.69) is 15.6 Å². The molecule has 0 aliphatic rings. The smallest absolute Gasteiger partial charge is 0.335 e. The second kappa shape index (κ2) is 12.2. The zero-order valence-corrected chi connectivity index (χ0v) is 20.3. The van der Waals surface area contributed by atoms with Crippen LogP contribution in [0.15, 0.2) is 59.6 Å². The number of hydrogen-bond donors (Lipinski definition) is 4. The third-order valence-electron chi connectivity index (χ3n) is 4.77. The quantitative estimate of drug-likeness (QED) is 0.230. The van der Waals surface area contributed by atoms with Crippen LogP contribution in [0.25, 0.3) is 0 Å². The Morgan fingerprint density at radius 3 is 2.46 bits per heavy atom. The Bertz CT molecular complexity index is 1240. The number of nitrogens with one attached hydrogen (secondary N) is 2. The second-order valence-corrected chi connectivity index (χ2v) is 8.50. The van der Waals surface area contributed by atoms with Crippen molar-refractivity contribution in [1.29, 1.82) is 0 Å². The largest absolute Gasteiger partial charge is 0.493 e. The topological polar surface area (TPSA) is 144 Å². The van der Waals surface area contributed by atoms with Gasteiger partial charge in [-0.15, -0.1) is 11.8 Å². The molecule has 3 aromatic rings. The van der Waals surface area contributed by atoms with Crippen LogP contribution in [0.3, 0.4) is 0 Å². The van der Waals surface area contributed by atoms with Gasteiger partial charge in [0.25, 0.3) is 11.8 Å². The molecule has 3 rings (SSSR count). The highest BCUT2D eigenvalue weighted by molar-refractivity contribution is 7.98. The van der Waals surface area contributed by atoms with E-state index in [1.165, 1.54) is 42.2 Å². The number of aromatic carboxylic acids is 1. The predicted octanol–water partition coefficient (Wildman–Crippen LogP) is 4.39. The Morgan fingerprint density at radius 1 is 1.06 bits per heavy atom. The Balaban J connectivity index is 1.92. The zero-order valence-electron chi connectivity index (χ0n) is 18.7. The first-order valence-corrected chi connectivity index (χ1v) is 12.0. The molecule has 35 heavy (non-hydrogen) atoms. The maximum atomic E-state index is 13.2. The number of carboxylic acid groups (broad SMARTS) is 1. The summed E-state index contributed by atoms with van der Waals surface area (Å²) in [5.74, 6) is -1.77. The van der Waals surface area contributed by atoms with Gasteiger partial charge in [0.1, 0.15) is 11.6 Å². The molecule has 9 nitrogen and oxygen atoms in total. The maximum Gasteiger partial charge on any atom is 0.335 e. The highest BCUT2D eigenvalue weighted by Crippen LogP contribution is 2.28. The Hall–Kier alpha value is -3.60. The number of nitrogens with zero attached hydrogens (tertiary/aromatic N) is 1. The molecule has 182 valence electrons. The van der Waals surface area contributed by atoms with Crippen molar-refractivity contribution in [3.63, 3.8) is 0 Å². The number of carbonyl (C=O) groups is 3. The molecule has 0 saturated heterocycles. The monoisotopic (exact) mass is 514 g/mol. The maximum absolute atomic E-state index is 13.2. The van der Waals surface area contributed by atoms with Crippen LogP contribution in [-0.2, 0) is 0 Å². The number of carbonyl (C=O) groups excluding carboxylic acids is 2. The molecule has 0 spiro atoms. The van der Waals surface area contributed by atoms with E-state index in [0.717, 1.165) is 4.90 Å². The molecular weight excluding hydrogens is 492 g/mol. The average Bonchev–Trinajstić information content (AvgIpc) is 2.85. The van der Waals surface area contributed by atoms with Crippen molar-refractivity contribution in [2.75, 3.05) is 30.0 Å². The van der Waals surface area contributed by atoms with Gasteiger partial charge in [0.05, 0.1) is 34.0 Å². The average molecular weight is 515 g/mol. The number of rotatable bonds is 10. The van der Waals surface area contributed by atoms with Crippen molar-refractivity contribution < 1.29 is 24.2 Å². The highest BCUT2D eigenvalue weighted by atomic mass is 35.5. The molecule has 0 fully saturated rings. The number of aromatic nitrogens is 1. The molecule has 0 bridgehead atoms. The molecular formula is C24H23ClN4O5S. The summed E-state index contributed by atoms with van der Waals surface area (Å²) >= 11 is 7.32. The first-order valence-electron chi connectivity index (χ1n) is 10.4. The normalized spacial score (nSPS) is 10.5. The van der Waals surface area contributed by atoms with Gasteiger partial charge in [-0.2, -0.15) is 0 Å². The summed E-state index contributed by atoms with van der Waals surface area (Å²) in [6.45, 7) is 0.761. The molecule has 0 aliphatic carbocycles. The standard InChI is InChI=1S/C24H23ClN4O5S/c1-35-16-5-7-18(20(12-16)34-10-2-9-26)23(31)28-19-11-14(24(32)33)3-6-17(19)22(30)29-21-8-4-15(25)13-27-21/h3-8,11-13H,2,9-10,26H2,1H3,(H,28,31)(H,32,33)(H,27,29,30). The van der Waals surface area contributed by atoms with Gasteiger partial charge < -0.3 is 26.2 Å². The second-order valence-electron chi connectivity index (χ2n) is 7.19. The van der Waals surface area contributed by atoms with Crippen LogP contribution in [0.2, 0.25) is 5.02 Å². The molecule has 0 unspecified atom stereocenters. The molecule has 0 saturated carbocycles. The molecule has 2 amide bonds. The minimum absolute atomic E-state index is 0.0169.